The predicted molar refractivity (Wildman–Crippen MR) is 139 cm³/mol. The van der Waals surface area contributed by atoms with Crippen LogP contribution in [0.5, 0.6) is 5.75 Å². The molecule has 0 saturated carbocycles. The molecule has 0 radical (unpaired) electrons. The number of H-pyrrole nitrogens is 1. The van der Waals surface area contributed by atoms with E-state index in [2.05, 4.69) is 20.1 Å². The van der Waals surface area contributed by atoms with Gasteiger partial charge >= 0.3 is 12.1 Å². The normalized spacial score (nSPS) is 16.4. The van der Waals surface area contributed by atoms with E-state index in [-0.39, 0.29) is 29.5 Å². The number of rotatable bonds is 7. The Morgan fingerprint density at radius 1 is 1.18 bits per heavy atom. The summed E-state index contributed by atoms with van der Waals surface area (Å²) < 4.78 is 71.2. The maximum absolute atomic E-state index is 13.2. The lowest BCUT2D eigenvalue weighted by Gasteiger charge is -2.14. The Hall–Kier alpha value is -3.75. The van der Waals surface area contributed by atoms with Gasteiger partial charge in [0, 0.05) is 59.4 Å². The molecule has 0 aliphatic carbocycles. The van der Waals surface area contributed by atoms with E-state index in [0.29, 0.717) is 35.8 Å². The lowest BCUT2D eigenvalue weighted by Crippen LogP contribution is -2.28. The minimum absolute atomic E-state index is 0.0631. The molecule has 1 saturated heterocycles. The number of alkyl halides is 3. The molecule has 40 heavy (non-hydrogen) atoms. The number of halogens is 4. The third kappa shape index (κ3) is 6.03. The summed E-state index contributed by atoms with van der Waals surface area (Å²) in [6, 6.07) is 8.51. The van der Waals surface area contributed by atoms with E-state index in [9.17, 15) is 26.4 Å². The number of aromatic amines is 1. The highest BCUT2D eigenvalue weighted by Crippen LogP contribution is 2.38. The number of carbonyl (C=O) groups is 1. The number of hydrogen-bond acceptors (Lipinski definition) is 7. The highest BCUT2D eigenvalue weighted by Gasteiger charge is 2.42. The summed E-state index contributed by atoms with van der Waals surface area (Å²) in [5.41, 5.74) is 1.88. The highest BCUT2D eigenvalue weighted by atomic mass is 35.5. The van der Waals surface area contributed by atoms with Crippen molar-refractivity contribution in [3.05, 3.63) is 71.4 Å². The minimum Gasteiger partial charge on any atom is -0.417 e. The summed E-state index contributed by atoms with van der Waals surface area (Å²) in [5, 5.41) is 4.86. The second-order valence-electron chi connectivity index (χ2n) is 9.27. The summed E-state index contributed by atoms with van der Waals surface area (Å²) in [7, 11) is -3.37. The van der Waals surface area contributed by atoms with Crippen LogP contribution in [0.1, 0.15) is 23.6 Å². The van der Waals surface area contributed by atoms with Crippen LogP contribution in [-0.2, 0) is 21.4 Å². The van der Waals surface area contributed by atoms with Crippen molar-refractivity contribution in [3.63, 3.8) is 0 Å². The van der Waals surface area contributed by atoms with Crippen molar-refractivity contribution in [1.29, 1.82) is 0 Å². The summed E-state index contributed by atoms with van der Waals surface area (Å²) in [6.45, 7) is 0.927. The van der Waals surface area contributed by atoms with E-state index in [1.54, 1.807) is 23.0 Å². The predicted octanol–water partition coefficient (Wildman–Crippen LogP) is 4.25. The molecule has 0 amide bonds. The van der Waals surface area contributed by atoms with E-state index in [4.69, 9.17) is 16.3 Å². The van der Waals surface area contributed by atoms with Crippen LogP contribution in [0.15, 0.2) is 55.1 Å². The van der Waals surface area contributed by atoms with Crippen molar-refractivity contribution in [1.82, 2.24) is 29.0 Å². The Balaban J connectivity index is 1.49. The van der Waals surface area contributed by atoms with Gasteiger partial charge in [-0.15, -0.1) is 0 Å². The van der Waals surface area contributed by atoms with Crippen LogP contribution >= 0.6 is 11.6 Å². The second kappa shape index (κ2) is 10.7. The van der Waals surface area contributed by atoms with E-state index in [0.717, 1.165) is 11.8 Å². The van der Waals surface area contributed by atoms with Crippen LogP contribution in [0.4, 0.5) is 13.2 Å². The van der Waals surface area contributed by atoms with E-state index in [1.165, 1.54) is 29.0 Å². The smallest absolute Gasteiger partial charge is 0.417 e. The topological polar surface area (TPSA) is 123 Å². The zero-order valence-electron chi connectivity index (χ0n) is 20.9. The molecule has 1 aliphatic rings. The van der Waals surface area contributed by atoms with Gasteiger partial charge in [-0.05, 0) is 30.2 Å². The summed E-state index contributed by atoms with van der Waals surface area (Å²) in [6.07, 6.45) is 2.27. The molecule has 1 N–H and O–H groups in total. The van der Waals surface area contributed by atoms with E-state index < -0.39 is 27.9 Å². The Labute approximate surface area is 231 Å². The Morgan fingerprint density at radius 3 is 2.60 bits per heavy atom. The Morgan fingerprint density at radius 2 is 1.93 bits per heavy atom. The third-order valence-electron chi connectivity index (χ3n) is 6.41. The molecule has 5 rings (SSSR count). The molecule has 1 aliphatic heterocycles. The first kappa shape index (κ1) is 27.8. The molecule has 10 nitrogen and oxygen atoms in total. The summed E-state index contributed by atoms with van der Waals surface area (Å²) in [5.74, 6) is -3.00. The fraction of sp³-hybridized carbons (Fsp3) is 0.280. The third-order valence-corrected chi connectivity index (χ3v) is 7.93. The number of pyridine rings is 1. The fourth-order valence-electron chi connectivity index (χ4n) is 4.41. The number of aromatic nitrogens is 5. The number of sulfonamides is 1. The van der Waals surface area contributed by atoms with Crippen molar-refractivity contribution < 1.29 is 31.1 Å². The minimum atomic E-state index is -5.25. The van der Waals surface area contributed by atoms with Crippen LogP contribution in [0.25, 0.3) is 22.6 Å². The molecule has 1 fully saturated rings. The van der Waals surface area contributed by atoms with E-state index >= 15 is 0 Å². The van der Waals surface area contributed by atoms with Gasteiger partial charge in [0.05, 0.1) is 19.0 Å². The quantitative estimate of drug-likeness (QED) is 0.317. The van der Waals surface area contributed by atoms with Gasteiger partial charge < -0.3 is 9.72 Å². The van der Waals surface area contributed by atoms with Crippen LogP contribution < -0.4 is 4.74 Å². The van der Waals surface area contributed by atoms with Gasteiger partial charge in [-0.3, -0.25) is 4.68 Å². The molecule has 4 aromatic rings. The largest absolute Gasteiger partial charge is 0.491 e. The molecule has 0 spiro atoms. The molecule has 15 heteroatoms. The molecular formula is C25H22ClF3N6O4S. The first-order valence-electron chi connectivity index (χ1n) is 11.9. The number of ether oxygens (including phenoxy) is 1. The van der Waals surface area contributed by atoms with Gasteiger partial charge in [-0.2, -0.15) is 18.3 Å². The van der Waals surface area contributed by atoms with Crippen molar-refractivity contribution in [3.8, 4) is 28.4 Å². The maximum atomic E-state index is 13.2. The number of nitrogens with one attached hydrogen (secondary N) is 1. The molecule has 1 unspecified atom stereocenters. The number of benzene rings is 1. The summed E-state index contributed by atoms with van der Waals surface area (Å²) in [4.78, 5) is 23.4. The number of imidazole rings is 1. The van der Waals surface area contributed by atoms with Gasteiger partial charge in [0.1, 0.15) is 5.69 Å². The Kier molecular flexibility index (Phi) is 7.42. The van der Waals surface area contributed by atoms with Crippen LogP contribution in [0.3, 0.4) is 0 Å². The lowest BCUT2D eigenvalue weighted by atomic mass is 10.1. The zero-order chi connectivity index (χ0) is 28.7. The van der Waals surface area contributed by atoms with Crippen molar-refractivity contribution in [2.45, 2.75) is 25.1 Å². The molecule has 0 bridgehead atoms. The van der Waals surface area contributed by atoms with Gasteiger partial charge in [-0.1, -0.05) is 23.7 Å². The number of carbonyl (C=O) groups excluding carboxylic acids is 1. The molecule has 1 aromatic carbocycles. The Bertz CT molecular complexity index is 1650. The number of nitrogens with zero attached hydrogens (tertiary/aromatic N) is 5. The molecular weight excluding hydrogens is 573 g/mol. The molecule has 1 atom stereocenters. The molecule has 210 valence electrons. The van der Waals surface area contributed by atoms with Crippen molar-refractivity contribution >= 4 is 27.6 Å². The van der Waals surface area contributed by atoms with Crippen LogP contribution in [0.2, 0.25) is 5.02 Å². The van der Waals surface area contributed by atoms with Crippen LogP contribution in [0, 0.1) is 0 Å². The SMILES string of the molecule is CS(=O)(=O)N1CCC(c2cnc(-c3nccc(-c4cnn(Cc5ccc(Cl)cc5)c4)c3OC(=O)C(F)(F)F)[nH]2)C1. The standard InChI is InChI=1S/C25H22ClF3N6O4S/c1-40(37,38)35-9-7-16(14-35)20-11-31-23(33-20)21-22(39-24(36)25(27,28)29)19(6-8-30-21)17-10-32-34(13-17)12-15-2-4-18(26)5-3-15/h2-6,8,10-11,13,16H,7,9,12,14H2,1H3,(H,31,33). The number of esters is 1. The first-order valence-corrected chi connectivity index (χ1v) is 14.2. The zero-order valence-corrected chi connectivity index (χ0v) is 22.5. The van der Waals surface area contributed by atoms with Gasteiger partial charge in [-0.25, -0.2) is 27.5 Å². The first-order chi connectivity index (χ1) is 18.9. The average Bonchev–Trinajstić information content (AvgIpc) is 3.65. The fourth-order valence-corrected chi connectivity index (χ4v) is 5.42. The van der Waals surface area contributed by atoms with E-state index in [1.807, 2.05) is 12.1 Å². The van der Waals surface area contributed by atoms with Gasteiger partial charge in [0.2, 0.25) is 10.0 Å². The number of hydrogen-bond donors (Lipinski definition) is 1. The van der Waals surface area contributed by atoms with Gasteiger partial charge in [0.15, 0.2) is 11.6 Å². The molecule has 4 heterocycles. The summed E-state index contributed by atoms with van der Waals surface area (Å²) >= 11 is 5.93. The highest BCUT2D eigenvalue weighted by molar-refractivity contribution is 7.88. The lowest BCUT2D eigenvalue weighted by molar-refractivity contribution is -0.189. The van der Waals surface area contributed by atoms with Crippen molar-refractivity contribution in [2.24, 2.45) is 0 Å². The van der Waals surface area contributed by atoms with Crippen molar-refractivity contribution in [2.75, 3.05) is 19.3 Å². The van der Waals surface area contributed by atoms with Crippen LogP contribution in [-0.4, -0.2) is 68.9 Å². The monoisotopic (exact) mass is 594 g/mol. The van der Waals surface area contributed by atoms with Gasteiger partial charge in [0.25, 0.3) is 0 Å². The maximum Gasteiger partial charge on any atom is 0.491 e. The second-order valence-corrected chi connectivity index (χ2v) is 11.7. The molecule has 3 aromatic heterocycles. The average molecular weight is 595 g/mol.